The van der Waals surface area contributed by atoms with E-state index in [4.69, 9.17) is 4.42 Å². The van der Waals surface area contributed by atoms with Crippen LogP contribution in [0.2, 0.25) is 0 Å². The second-order valence-corrected chi connectivity index (χ2v) is 5.17. The summed E-state index contributed by atoms with van der Waals surface area (Å²) in [7, 11) is 0. The van der Waals surface area contributed by atoms with E-state index in [0.717, 1.165) is 10.8 Å². The highest BCUT2D eigenvalue weighted by Gasteiger charge is 2.13. The summed E-state index contributed by atoms with van der Waals surface area (Å²) < 4.78 is 5.35. The van der Waals surface area contributed by atoms with Crippen LogP contribution in [0.15, 0.2) is 75.9 Å². The molecule has 3 heteroatoms. The predicted molar refractivity (Wildman–Crippen MR) is 87.1 cm³/mol. The van der Waals surface area contributed by atoms with Crippen LogP contribution in [-0.2, 0) is 0 Å². The van der Waals surface area contributed by atoms with Crippen molar-refractivity contribution in [3.63, 3.8) is 0 Å². The number of phenols is 1. The Balaban J connectivity index is 2.05. The maximum Gasteiger partial charge on any atom is 0.344 e. The normalized spacial score (nSPS) is 11.1. The molecule has 3 nitrogen and oxygen atoms in total. The quantitative estimate of drug-likeness (QED) is 0.531. The lowest BCUT2D eigenvalue weighted by Crippen LogP contribution is -2.02. The monoisotopic (exact) mass is 288 g/mol. The molecule has 0 amide bonds. The van der Waals surface area contributed by atoms with Crippen molar-refractivity contribution >= 4 is 21.7 Å². The Kier molecular flexibility index (Phi) is 2.73. The van der Waals surface area contributed by atoms with E-state index in [0.29, 0.717) is 22.1 Å². The second-order valence-electron chi connectivity index (χ2n) is 5.17. The molecule has 0 aliphatic heterocycles. The SMILES string of the molecule is O=c1oc2ccccc2cc1-c1ccc2ccccc2c1O. The average molecular weight is 288 g/mol. The molecule has 0 unspecified atom stereocenters. The minimum Gasteiger partial charge on any atom is -0.507 e. The van der Waals surface area contributed by atoms with Gasteiger partial charge >= 0.3 is 5.63 Å². The molecule has 0 aliphatic carbocycles. The summed E-state index contributed by atoms with van der Waals surface area (Å²) in [5.41, 5.74) is 0.931. The van der Waals surface area contributed by atoms with E-state index in [1.54, 1.807) is 18.2 Å². The molecule has 1 heterocycles. The first kappa shape index (κ1) is 12.7. The molecule has 0 fully saturated rings. The number of aromatic hydroxyl groups is 1. The van der Waals surface area contributed by atoms with Crippen LogP contribution in [0.25, 0.3) is 32.9 Å². The standard InChI is InChI=1S/C19H12O3/c20-18-14-7-3-1-5-12(14)9-10-15(18)16-11-13-6-2-4-8-17(13)22-19(16)21/h1-11,20H. The van der Waals surface area contributed by atoms with Crippen LogP contribution in [0.3, 0.4) is 0 Å². The van der Waals surface area contributed by atoms with E-state index in [1.807, 2.05) is 48.5 Å². The zero-order valence-corrected chi connectivity index (χ0v) is 11.6. The smallest absolute Gasteiger partial charge is 0.344 e. The van der Waals surface area contributed by atoms with Crippen molar-refractivity contribution in [2.24, 2.45) is 0 Å². The topological polar surface area (TPSA) is 50.4 Å². The van der Waals surface area contributed by atoms with Crippen LogP contribution in [0.4, 0.5) is 0 Å². The van der Waals surface area contributed by atoms with Gasteiger partial charge < -0.3 is 9.52 Å². The van der Waals surface area contributed by atoms with Crippen molar-refractivity contribution in [2.45, 2.75) is 0 Å². The van der Waals surface area contributed by atoms with E-state index in [9.17, 15) is 9.90 Å². The predicted octanol–water partition coefficient (Wildman–Crippen LogP) is 4.32. The Labute approximate surface area is 126 Å². The summed E-state index contributed by atoms with van der Waals surface area (Å²) in [6.45, 7) is 0. The maximum atomic E-state index is 12.2. The summed E-state index contributed by atoms with van der Waals surface area (Å²) in [5, 5.41) is 13.0. The molecule has 106 valence electrons. The summed E-state index contributed by atoms with van der Waals surface area (Å²) in [5.74, 6) is 0.0979. The highest BCUT2D eigenvalue weighted by atomic mass is 16.4. The molecule has 0 saturated carbocycles. The van der Waals surface area contributed by atoms with Gasteiger partial charge in [-0.3, -0.25) is 0 Å². The van der Waals surface area contributed by atoms with E-state index < -0.39 is 5.63 Å². The molecule has 4 rings (SSSR count). The third kappa shape index (κ3) is 1.87. The lowest BCUT2D eigenvalue weighted by Gasteiger charge is -2.08. The zero-order valence-electron chi connectivity index (χ0n) is 11.6. The van der Waals surface area contributed by atoms with Crippen molar-refractivity contribution < 1.29 is 9.52 Å². The molecule has 1 aromatic heterocycles. The van der Waals surface area contributed by atoms with Gasteiger partial charge in [0.15, 0.2) is 0 Å². The lowest BCUT2D eigenvalue weighted by molar-refractivity contribution is 0.482. The molecule has 22 heavy (non-hydrogen) atoms. The van der Waals surface area contributed by atoms with Gasteiger partial charge in [0.2, 0.25) is 0 Å². The van der Waals surface area contributed by atoms with Gasteiger partial charge in [0.25, 0.3) is 0 Å². The number of hydrogen-bond donors (Lipinski definition) is 1. The molecular formula is C19H12O3. The minimum absolute atomic E-state index is 0.0979. The third-order valence-corrected chi connectivity index (χ3v) is 3.83. The van der Waals surface area contributed by atoms with Crippen molar-refractivity contribution in [1.29, 1.82) is 0 Å². The Morgan fingerprint density at radius 3 is 2.36 bits per heavy atom. The number of phenolic OH excluding ortho intramolecular Hbond substituents is 1. The van der Waals surface area contributed by atoms with Gasteiger partial charge in [-0.2, -0.15) is 0 Å². The molecule has 1 N–H and O–H groups in total. The molecule has 0 atom stereocenters. The van der Waals surface area contributed by atoms with Crippen LogP contribution < -0.4 is 5.63 Å². The average Bonchev–Trinajstić information content (AvgIpc) is 2.55. The Morgan fingerprint density at radius 2 is 1.50 bits per heavy atom. The highest BCUT2D eigenvalue weighted by molar-refractivity contribution is 5.95. The lowest BCUT2D eigenvalue weighted by atomic mass is 10.00. The van der Waals surface area contributed by atoms with Crippen molar-refractivity contribution in [3.8, 4) is 16.9 Å². The molecule has 3 aromatic carbocycles. The molecular weight excluding hydrogens is 276 g/mol. The summed E-state index contributed by atoms with van der Waals surface area (Å²) in [4.78, 5) is 12.2. The van der Waals surface area contributed by atoms with Crippen LogP contribution in [0.5, 0.6) is 5.75 Å². The number of para-hydroxylation sites is 1. The second kappa shape index (κ2) is 4.74. The highest BCUT2D eigenvalue weighted by Crippen LogP contribution is 2.35. The van der Waals surface area contributed by atoms with Gasteiger partial charge in [0, 0.05) is 16.3 Å². The fraction of sp³-hybridized carbons (Fsp3) is 0. The van der Waals surface area contributed by atoms with Gasteiger partial charge in [-0.25, -0.2) is 4.79 Å². The van der Waals surface area contributed by atoms with E-state index >= 15 is 0 Å². The third-order valence-electron chi connectivity index (χ3n) is 3.83. The van der Waals surface area contributed by atoms with E-state index in [1.165, 1.54) is 0 Å². The first-order valence-corrected chi connectivity index (χ1v) is 6.98. The number of hydrogen-bond acceptors (Lipinski definition) is 3. The van der Waals surface area contributed by atoms with Crippen molar-refractivity contribution in [2.75, 3.05) is 0 Å². The first-order chi connectivity index (χ1) is 10.7. The number of fused-ring (bicyclic) bond motifs is 2. The van der Waals surface area contributed by atoms with Crippen molar-refractivity contribution in [3.05, 3.63) is 77.2 Å². The molecule has 0 bridgehead atoms. The summed E-state index contributed by atoms with van der Waals surface area (Å²) in [6, 6.07) is 20.2. The van der Waals surface area contributed by atoms with Gasteiger partial charge in [-0.15, -0.1) is 0 Å². The first-order valence-electron chi connectivity index (χ1n) is 6.98. The van der Waals surface area contributed by atoms with Crippen LogP contribution in [0.1, 0.15) is 0 Å². The van der Waals surface area contributed by atoms with Crippen LogP contribution in [-0.4, -0.2) is 5.11 Å². The van der Waals surface area contributed by atoms with Crippen LogP contribution >= 0.6 is 0 Å². The zero-order chi connectivity index (χ0) is 15.1. The van der Waals surface area contributed by atoms with E-state index in [2.05, 4.69) is 0 Å². The largest absolute Gasteiger partial charge is 0.507 e. The fourth-order valence-corrected chi connectivity index (χ4v) is 2.72. The van der Waals surface area contributed by atoms with Gasteiger partial charge in [-0.05, 0) is 23.6 Å². The van der Waals surface area contributed by atoms with Gasteiger partial charge in [0.1, 0.15) is 11.3 Å². The Morgan fingerprint density at radius 1 is 0.773 bits per heavy atom. The van der Waals surface area contributed by atoms with Crippen molar-refractivity contribution in [1.82, 2.24) is 0 Å². The fourth-order valence-electron chi connectivity index (χ4n) is 2.72. The summed E-state index contributed by atoms with van der Waals surface area (Å²) in [6.07, 6.45) is 0. The maximum absolute atomic E-state index is 12.2. The van der Waals surface area contributed by atoms with E-state index in [-0.39, 0.29) is 5.75 Å². The molecule has 0 spiro atoms. The molecule has 0 aliphatic rings. The number of benzene rings is 3. The molecule has 0 saturated heterocycles. The minimum atomic E-state index is -0.454. The Hall–Kier alpha value is -3.07. The van der Waals surface area contributed by atoms with Gasteiger partial charge in [0.05, 0.1) is 5.56 Å². The molecule has 0 radical (unpaired) electrons. The van der Waals surface area contributed by atoms with Crippen LogP contribution in [0, 0.1) is 0 Å². The molecule has 4 aromatic rings. The van der Waals surface area contributed by atoms with Gasteiger partial charge in [-0.1, -0.05) is 48.5 Å². The number of rotatable bonds is 1. The summed E-state index contributed by atoms with van der Waals surface area (Å²) >= 11 is 0. The Bertz CT molecular complexity index is 1060.